The summed E-state index contributed by atoms with van der Waals surface area (Å²) in [6, 6.07) is 7.85. The predicted molar refractivity (Wildman–Crippen MR) is 143 cm³/mol. The molecule has 6 rings (SSSR count). The molecule has 1 aliphatic heterocycles. The Labute approximate surface area is 228 Å². The Bertz CT molecular complexity index is 1580. The van der Waals surface area contributed by atoms with Crippen LogP contribution in [0.15, 0.2) is 36.7 Å². The van der Waals surface area contributed by atoms with Gasteiger partial charge in [0.05, 0.1) is 23.9 Å². The van der Waals surface area contributed by atoms with Crippen molar-refractivity contribution in [2.45, 2.75) is 57.5 Å². The van der Waals surface area contributed by atoms with Crippen LogP contribution in [-0.2, 0) is 19.8 Å². The van der Waals surface area contributed by atoms with Crippen LogP contribution >= 0.6 is 0 Å². The number of ether oxygens (including phenoxy) is 1. The van der Waals surface area contributed by atoms with Gasteiger partial charge in [0.2, 0.25) is 0 Å². The van der Waals surface area contributed by atoms with Crippen molar-refractivity contribution >= 4 is 22.6 Å². The topological polar surface area (TPSA) is 90.1 Å². The highest BCUT2D eigenvalue weighted by Crippen LogP contribution is 2.40. The number of fused-ring (bicyclic) bond motifs is 2. The molecule has 0 spiro atoms. The molecule has 210 valence electrons. The molecule has 1 saturated carbocycles. The molecular formula is C28H30F3N7O2. The van der Waals surface area contributed by atoms with E-state index in [0.29, 0.717) is 37.8 Å². The van der Waals surface area contributed by atoms with Gasteiger partial charge < -0.3 is 15.0 Å². The Kier molecular flexibility index (Phi) is 6.42. The zero-order valence-corrected chi connectivity index (χ0v) is 22.5. The molecule has 1 aromatic carbocycles. The summed E-state index contributed by atoms with van der Waals surface area (Å²) < 4.78 is 49.1. The summed E-state index contributed by atoms with van der Waals surface area (Å²) in [6.07, 6.45) is 0.660. The third kappa shape index (κ3) is 4.54. The highest BCUT2D eigenvalue weighted by molar-refractivity contribution is 6.00. The molecule has 4 heterocycles. The number of rotatable bonds is 6. The molecule has 12 heteroatoms. The van der Waals surface area contributed by atoms with E-state index >= 15 is 0 Å². The molecule has 3 aromatic heterocycles. The number of nitrogens with zero attached hydrogens (tertiary/aromatic N) is 6. The summed E-state index contributed by atoms with van der Waals surface area (Å²) in [5.74, 6) is 0.533. The van der Waals surface area contributed by atoms with Gasteiger partial charge in [0.1, 0.15) is 11.5 Å². The first kappa shape index (κ1) is 26.1. The average molecular weight is 554 g/mol. The van der Waals surface area contributed by atoms with Crippen LogP contribution in [0, 0.1) is 0 Å². The fourth-order valence-electron chi connectivity index (χ4n) is 5.83. The number of benzene rings is 1. The van der Waals surface area contributed by atoms with Crippen LogP contribution in [0.4, 0.5) is 19.0 Å². The molecule has 1 amide bonds. The van der Waals surface area contributed by atoms with E-state index in [0.717, 1.165) is 51.0 Å². The number of carbonyl (C=O) groups is 1. The first-order valence-electron chi connectivity index (χ1n) is 13.4. The van der Waals surface area contributed by atoms with Crippen molar-refractivity contribution in [3.05, 3.63) is 53.5 Å². The second kappa shape index (κ2) is 9.83. The molecule has 4 aromatic rings. The van der Waals surface area contributed by atoms with Crippen molar-refractivity contribution in [1.82, 2.24) is 29.4 Å². The number of alkyl halides is 3. The third-order valence-electron chi connectivity index (χ3n) is 7.77. The fourth-order valence-corrected chi connectivity index (χ4v) is 5.83. The van der Waals surface area contributed by atoms with E-state index in [9.17, 15) is 18.0 Å². The first-order chi connectivity index (χ1) is 19.1. The van der Waals surface area contributed by atoms with Crippen molar-refractivity contribution in [2.24, 2.45) is 7.05 Å². The molecule has 0 atom stereocenters. The van der Waals surface area contributed by atoms with E-state index in [2.05, 4.69) is 15.4 Å². The summed E-state index contributed by atoms with van der Waals surface area (Å²) in [7, 11) is 3.05. The molecule has 1 aliphatic carbocycles. The van der Waals surface area contributed by atoms with E-state index in [-0.39, 0.29) is 23.8 Å². The smallest absolute Gasteiger partial charge is 0.436 e. The number of anilines is 1. The number of hydrogen-bond acceptors (Lipinski definition) is 6. The third-order valence-corrected chi connectivity index (χ3v) is 7.77. The second-order valence-corrected chi connectivity index (χ2v) is 10.5. The van der Waals surface area contributed by atoms with E-state index in [1.165, 1.54) is 7.05 Å². The Hall–Kier alpha value is -4.09. The minimum atomic E-state index is -4.54. The summed E-state index contributed by atoms with van der Waals surface area (Å²) >= 11 is 0. The van der Waals surface area contributed by atoms with Crippen LogP contribution in [0.1, 0.15) is 60.3 Å². The highest BCUT2D eigenvalue weighted by atomic mass is 19.4. The number of carbonyl (C=O) groups excluding carboxylic acids is 1. The van der Waals surface area contributed by atoms with Gasteiger partial charge in [-0.25, -0.2) is 4.98 Å². The van der Waals surface area contributed by atoms with Crippen LogP contribution in [0.5, 0.6) is 5.75 Å². The minimum Gasteiger partial charge on any atom is -0.486 e. The molecule has 9 nitrogen and oxygen atoms in total. The number of nitrogens with one attached hydrogen (secondary N) is 1. The molecule has 1 N–H and O–H groups in total. The number of amides is 1. The fraction of sp³-hybridized carbons (Fsp3) is 0.429. The summed E-state index contributed by atoms with van der Waals surface area (Å²) in [6.45, 7) is 3.29. The number of halogens is 3. The largest absolute Gasteiger partial charge is 0.486 e. The van der Waals surface area contributed by atoms with Gasteiger partial charge >= 0.3 is 6.18 Å². The minimum absolute atomic E-state index is 0.0153. The number of aryl methyl sites for hydroxylation is 1. The molecule has 40 heavy (non-hydrogen) atoms. The lowest BCUT2D eigenvalue weighted by Gasteiger charge is -2.29. The van der Waals surface area contributed by atoms with Gasteiger partial charge in [-0.2, -0.15) is 23.4 Å². The molecule has 1 fully saturated rings. The zero-order chi connectivity index (χ0) is 28.2. The second-order valence-electron chi connectivity index (χ2n) is 10.5. The lowest BCUT2D eigenvalue weighted by atomic mass is 9.93. The average Bonchev–Trinajstić information content (AvgIpc) is 3.57. The Balaban J connectivity index is 1.29. The van der Waals surface area contributed by atoms with E-state index < -0.39 is 11.9 Å². The van der Waals surface area contributed by atoms with Crippen molar-refractivity contribution in [3.8, 4) is 17.0 Å². The maximum atomic E-state index is 13.5. The van der Waals surface area contributed by atoms with Crippen molar-refractivity contribution in [3.63, 3.8) is 0 Å². The standard InChI is InChI=1S/C28H30F3N7O2/c1-4-32-24-12-22-21(13-33-24)25(16-5-10-20-17(11-16)15-36(2)27(20)39)35-38(22)18-6-8-19(9-7-18)40-23-14-34-37(3)26(23)28(29,30)31/h5,10-14,18-19H,4,6-9,15H2,1-3H3,(H,32,33). The summed E-state index contributed by atoms with van der Waals surface area (Å²) in [5.41, 5.74) is 3.45. The monoisotopic (exact) mass is 553 g/mol. The zero-order valence-electron chi connectivity index (χ0n) is 22.5. The summed E-state index contributed by atoms with van der Waals surface area (Å²) in [4.78, 5) is 18.7. The maximum Gasteiger partial charge on any atom is 0.436 e. The van der Waals surface area contributed by atoms with Crippen LogP contribution in [0.25, 0.3) is 22.2 Å². The van der Waals surface area contributed by atoms with Crippen molar-refractivity contribution < 1.29 is 22.7 Å². The van der Waals surface area contributed by atoms with Gasteiger partial charge in [-0.1, -0.05) is 6.07 Å². The van der Waals surface area contributed by atoms with Crippen LogP contribution in [0.2, 0.25) is 0 Å². The van der Waals surface area contributed by atoms with Crippen LogP contribution < -0.4 is 10.1 Å². The molecule has 0 radical (unpaired) electrons. The summed E-state index contributed by atoms with van der Waals surface area (Å²) in [5, 5.41) is 13.0. The quantitative estimate of drug-likeness (QED) is 0.343. The SMILES string of the molecule is CCNc1cc2c(cn1)c(-c1ccc3c(c1)CN(C)C3=O)nn2C1CCC(Oc2cnn(C)c2C(F)(F)F)CC1. The van der Waals surface area contributed by atoms with Gasteiger partial charge in [0.15, 0.2) is 11.4 Å². The van der Waals surface area contributed by atoms with Crippen LogP contribution in [0.3, 0.4) is 0 Å². The Morgan fingerprint density at radius 1 is 1.10 bits per heavy atom. The lowest BCUT2D eigenvalue weighted by Crippen LogP contribution is -2.27. The molecule has 0 bridgehead atoms. The first-order valence-corrected chi connectivity index (χ1v) is 13.4. The maximum absolute atomic E-state index is 13.5. The molecule has 2 aliphatic rings. The van der Waals surface area contributed by atoms with E-state index in [1.54, 1.807) is 11.9 Å². The van der Waals surface area contributed by atoms with E-state index in [1.807, 2.05) is 42.1 Å². The van der Waals surface area contributed by atoms with Crippen molar-refractivity contribution in [1.29, 1.82) is 0 Å². The van der Waals surface area contributed by atoms with Gasteiger partial charge in [-0.05, 0) is 50.3 Å². The predicted octanol–water partition coefficient (Wildman–Crippen LogP) is 5.43. The Morgan fingerprint density at radius 3 is 2.60 bits per heavy atom. The Morgan fingerprint density at radius 2 is 1.88 bits per heavy atom. The molecule has 0 unspecified atom stereocenters. The number of hydrogen-bond donors (Lipinski definition) is 1. The van der Waals surface area contributed by atoms with E-state index in [4.69, 9.17) is 9.84 Å². The normalized spacial score (nSPS) is 19.4. The van der Waals surface area contributed by atoms with Crippen molar-refractivity contribution in [2.75, 3.05) is 18.9 Å². The van der Waals surface area contributed by atoms with Gasteiger partial charge in [-0.15, -0.1) is 0 Å². The number of pyridine rings is 1. The van der Waals surface area contributed by atoms with Crippen LogP contribution in [-0.4, -0.2) is 55.0 Å². The van der Waals surface area contributed by atoms with Gasteiger partial charge in [-0.3, -0.25) is 14.2 Å². The highest BCUT2D eigenvalue weighted by Gasteiger charge is 2.39. The van der Waals surface area contributed by atoms with Gasteiger partial charge in [0, 0.05) is 56.0 Å². The molecular weight excluding hydrogens is 523 g/mol. The number of aromatic nitrogens is 5. The lowest BCUT2D eigenvalue weighted by molar-refractivity contribution is -0.145. The molecule has 0 saturated heterocycles. The van der Waals surface area contributed by atoms with Gasteiger partial charge in [0.25, 0.3) is 5.91 Å².